The number of nitrogens with zero attached hydrogens (tertiary/aromatic N) is 2. The number of hydrogen-bond acceptors (Lipinski definition) is 4. The van der Waals surface area contributed by atoms with E-state index in [0.717, 1.165) is 25.7 Å². The lowest BCUT2D eigenvalue weighted by Gasteiger charge is -2.58. The second-order valence-electron chi connectivity index (χ2n) is 7.29. The standard InChI is InChI=1S/C18H21N3O3/c1-17(24)6-7-18(17)8-10-21(11-9-18)16(23)14-12-4-2-3-5-13(12)15(22)20-19-14/h2-5,24H,6-11H2,1H3,(H,20,22). The fourth-order valence-corrected chi connectivity index (χ4v) is 4.19. The Morgan fingerprint density at radius 2 is 1.83 bits per heavy atom. The highest BCUT2D eigenvalue weighted by Crippen LogP contribution is 2.56. The first-order valence-corrected chi connectivity index (χ1v) is 8.43. The number of H-pyrrole nitrogens is 1. The van der Waals surface area contributed by atoms with Gasteiger partial charge in [0.25, 0.3) is 11.5 Å². The van der Waals surface area contributed by atoms with Crippen molar-refractivity contribution in [2.75, 3.05) is 13.1 Å². The van der Waals surface area contributed by atoms with E-state index in [9.17, 15) is 14.7 Å². The average molecular weight is 327 g/mol. The molecular weight excluding hydrogens is 306 g/mol. The van der Waals surface area contributed by atoms with Crippen molar-refractivity contribution in [3.63, 3.8) is 0 Å². The minimum Gasteiger partial charge on any atom is -0.390 e. The van der Waals surface area contributed by atoms with Crippen LogP contribution in [0.25, 0.3) is 10.8 Å². The topological polar surface area (TPSA) is 86.3 Å². The molecule has 1 aliphatic heterocycles. The van der Waals surface area contributed by atoms with Gasteiger partial charge in [0.2, 0.25) is 0 Å². The molecule has 1 saturated heterocycles. The molecule has 1 atom stereocenters. The number of likely N-dealkylation sites (tertiary alicyclic amines) is 1. The van der Waals surface area contributed by atoms with Gasteiger partial charge in [0.05, 0.1) is 11.0 Å². The number of aromatic amines is 1. The minimum absolute atomic E-state index is 0.0374. The van der Waals surface area contributed by atoms with Crippen molar-refractivity contribution in [1.82, 2.24) is 15.1 Å². The lowest BCUT2D eigenvalue weighted by Crippen LogP contribution is -2.60. The molecule has 0 radical (unpaired) electrons. The molecule has 2 aliphatic rings. The Balaban J connectivity index is 1.60. The number of hydrogen-bond donors (Lipinski definition) is 2. The van der Waals surface area contributed by atoms with Crippen molar-refractivity contribution in [3.05, 3.63) is 40.3 Å². The van der Waals surface area contributed by atoms with E-state index < -0.39 is 5.60 Å². The van der Waals surface area contributed by atoms with E-state index in [4.69, 9.17) is 0 Å². The number of amides is 1. The Hall–Kier alpha value is -2.21. The fraction of sp³-hybridized carbons (Fsp3) is 0.500. The van der Waals surface area contributed by atoms with Crippen molar-refractivity contribution < 1.29 is 9.90 Å². The zero-order valence-electron chi connectivity index (χ0n) is 13.7. The van der Waals surface area contributed by atoms with Gasteiger partial charge in [-0.1, -0.05) is 18.2 Å². The second-order valence-corrected chi connectivity index (χ2v) is 7.29. The van der Waals surface area contributed by atoms with E-state index in [2.05, 4.69) is 10.2 Å². The quantitative estimate of drug-likeness (QED) is 0.834. The van der Waals surface area contributed by atoms with E-state index >= 15 is 0 Å². The molecule has 4 rings (SSSR count). The van der Waals surface area contributed by atoms with Gasteiger partial charge in [0.15, 0.2) is 5.69 Å². The molecule has 1 aliphatic carbocycles. The summed E-state index contributed by atoms with van der Waals surface area (Å²) in [5.74, 6) is -0.156. The van der Waals surface area contributed by atoms with Crippen LogP contribution in [0, 0.1) is 5.41 Å². The number of aliphatic hydroxyl groups is 1. The summed E-state index contributed by atoms with van der Waals surface area (Å²) in [7, 11) is 0. The minimum atomic E-state index is -0.606. The first-order chi connectivity index (χ1) is 11.4. The van der Waals surface area contributed by atoms with E-state index in [1.807, 2.05) is 6.92 Å². The molecule has 1 aromatic heterocycles. The predicted octanol–water partition coefficient (Wildman–Crippen LogP) is 1.69. The van der Waals surface area contributed by atoms with E-state index in [0.29, 0.717) is 29.6 Å². The maximum Gasteiger partial charge on any atom is 0.274 e. The van der Waals surface area contributed by atoms with Gasteiger partial charge >= 0.3 is 0 Å². The normalized spacial score (nSPS) is 25.7. The van der Waals surface area contributed by atoms with Crippen molar-refractivity contribution in [1.29, 1.82) is 0 Å². The summed E-state index contributed by atoms with van der Waals surface area (Å²) in [5.41, 5.74) is -0.637. The summed E-state index contributed by atoms with van der Waals surface area (Å²) in [6.45, 7) is 3.14. The molecule has 2 heterocycles. The van der Waals surface area contributed by atoms with Crippen LogP contribution in [0.1, 0.15) is 43.1 Å². The van der Waals surface area contributed by atoms with Crippen LogP contribution in [0.15, 0.2) is 29.1 Å². The molecule has 1 saturated carbocycles. The summed E-state index contributed by atoms with van der Waals surface area (Å²) in [5, 5.41) is 17.9. The number of piperidine rings is 1. The summed E-state index contributed by atoms with van der Waals surface area (Å²) in [4.78, 5) is 26.5. The SMILES string of the molecule is CC1(O)CCC12CCN(C(=O)c1n[nH]c(=O)c3ccccc13)CC2. The number of rotatable bonds is 1. The summed E-state index contributed by atoms with van der Waals surface area (Å²) in [6, 6.07) is 7.03. The van der Waals surface area contributed by atoms with Gasteiger partial charge in [-0.3, -0.25) is 9.59 Å². The Labute approximate surface area is 139 Å². The predicted molar refractivity (Wildman–Crippen MR) is 89.8 cm³/mol. The molecule has 2 aromatic rings. The molecule has 6 heteroatoms. The third kappa shape index (κ3) is 2.09. The Kier molecular flexibility index (Phi) is 3.28. The lowest BCUT2D eigenvalue weighted by atomic mass is 9.53. The zero-order chi connectivity index (χ0) is 16.9. The Morgan fingerprint density at radius 3 is 2.42 bits per heavy atom. The number of aromatic nitrogens is 2. The highest BCUT2D eigenvalue weighted by atomic mass is 16.3. The maximum absolute atomic E-state index is 12.9. The van der Waals surface area contributed by atoms with Crippen LogP contribution >= 0.6 is 0 Å². The number of carbonyl (C=O) groups is 1. The van der Waals surface area contributed by atoms with E-state index in [1.54, 1.807) is 29.2 Å². The van der Waals surface area contributed by atoms with Gasteiger partial charge in [-0.05, 0) is 38.7 Å². The summed E-state index contributed by atoms with van der Waals surface area (Å²) >= 11 is 0. The monoisotopic (exact) mass is 327 g/mol. The highest BCUT2D eigenvalue weighted by molar-refractivity contribution is 6.04. The van der Waals surface area contributed by atoms with Crippen LogP contribution in [0.2, 0.25) is 0 Å². The van der Waals surface area contributed by atoms with Crippen molar-refractivity contribution >= 4 is 16.7 Å². The average Bonchev–Trinajstić information content (AvgIpc) is 2.61. The van der Waals surface area contributed by atoms with Crippen LogP contribution in [-0.4, -0.2) is 44.8 Å². The van der Waals surface area contributed by atoms with Crippen molar-refractivity contribution in [2.45, 2.75) is 38.2 Å². The Bertz CT molecular complexity index is 863. The van der Waals surface area contributed by atoms with E-state index in [1.165, 1.54) is 0 Å². The number of carbonyl (C=O) groups excluding carboxylic acids is 1. The molecule has 0 bridgehead atoms. The number of benzene rings is 1. The van der Waals surface area contributed by atoms with Gasteiger partial charge in [-0.15, -0.1) is 0 Å². The molecule has 1 aromatic carbocycles. The fourth-order valence-electron chi connectivity index (χ4n) is 4.19. The number of fused-ring (bicyclic) bond motifs is 1. The first kappa shape index (κ1) is 15.3. The maximum atomic E-state index is 12.9. The first-order valence-electron chi connectivity index (χ1n) is 8.43. The van der Waals surface area contributed by atoms with Crippen molar-refractivity contribution in [3.8, 4) is 0 Å². The zero-order valence-corrected chi connectivity index (χ0v) is 13.7. The van der Waals surface area contributed by atoms with Gasteiger partial charge in [-0.25, -0.2) is 5.10 Å². The van der Waals surface area contributed by atoms with Gasteiger partial charge in [-0.2, -0.15) is 5.10 Å². The van der Waals surface area contributed by atoms with Crippen molar-refractivity contribution in [2.24, 2.45) is 5.41 Å². The van der Waals surface area contributed by atoms with Crippen LogP contribution in [0.5, 0.6) is 0 Å². The molecular formula is C18H21N3O3. The largest absolute Gasteiger partial charge is 0.390 e. The van der Waals surface area contributed by atoms with E-state index in [-0.39, 0.29) is 16.9 Å². The molecule has 1 amide bonds. The smallest absolute Gasteiger partial charge is 0.274 e. The Morgan fingerprint density at radius 1 is 1.17 bits per heavy atom. The van der Waals surface area contributed by atoms with Crippen LogP contribution < -0.4 is 5.56 Å². The number of nitrogens with one attached hydrogen (secondary N) is 1. The second kappa shape index (κ2) is 5.14. The van der Waals surface area contributed by atoms with Crippen LogP contribution in [-0.2, 0) is 0 Å². The molecule has 6 nitrogen and oxygen atoms in total. The third-order valence-corrected chi connectivity index (χ3v) is 6.14. The molecule has 2 fully saturated rings. The molecule has 1 spiro atoms. The van der Waals surface area contributed by atoms with Gasteiger partial charge in [0, 0.05) is 23.9 Å². The molecule has 24 heavy (non-hydrogen) atoms. The molecule has 126 valence electrons. The van der Waals surface area contributed by atoms with Crippen LogP contribution in [0.4, 0.5) is 0 Å². The van der Waals surface area contributed by atoms with Crippen LogP contribution in [0.3, 0.4) is 0 Å². The van der Waals surface area contributed by atoms with Gasteiger partial charge < -0.3 is 10.0 Å². The summed E-state index contributed by atoms with van der Waals surface area (Å²) in [6.07, 6.45) is 3.50. The third-order valence-electron chi connectivity index (χ3n) is 6.14. The lowest BCUT2D eigenvalue weighted by molar-refractivity contribution is -0.174. The highest BCUT2D eigenvalue weighted by Gasteiger charge is 2.55. The molecule has 2 N–H and O–H groups in total. The van der Waals surface area contributed by atoms with Gasteiger partial charge in [0.1, 0.15) is 0 Å². The molecule has 1 unspecified atom stereocenters. The summed E-state index contributed by atoms with van der Waals surface area (Å²) < 4.78 is 0.